The van der Waals surface area contributed by atoms with Crippen molar-refractivity contribution in [1.82, 2.24) is 9.88 Å². The summed E-state index contributed by atoms with van der Waals surface area (Å²) in [7, 11) is 0. The smallest absolute Gasteiger partial charge is 0.326 e. The topological polar surface area (TPSA) is 88.4 Å². The van der Waals surface area contributed by atoms with E-state index in [-0.39, 0.29) is 11.7 Å². The number of hydrogen-bond acceptors (Lipinski definition) is 3. The fourth-order valence-corrected chi connectivity index (χ4v) is 3.77. The van der Waals surface area contributed by atoms with Crippen molar-refractivity contribution in [3.63, 3.8) is 0 Å². The van der Waals surface area contributed by atoms with Gasteiger partial charge in [0, 0.05) is 23.9 Å². The number of aliphatic carboxylic acids is 1. The Morgan fingerprint density at radius 3 is 2.29 bits per heavy atom. The van der Waals surface area contributed by atoms with Crippen LogP contribution in [0.2, 0.25) is 0 Å². The molecule has 0 saturated carbocycles. The number of nitrogens with one attached hydrogen (secondary N) is 1. The van der Waals surface area contributed by atoms with Gasteiger partial charge in [-0.05, 0) is 47.2 Å². The monoisotopic (exact) mass is 472 g/mol. The molecule has 0 fully saturated rings. The number of benzene rings is 2. The van der Waals surface area contributed by atoms with Gasteiger partial charge in [-0.25, -0.2) is 4.79 Å². The van der Waals surface area contributed by atoms with E-state index in [1.807, 2.05) is 65.4 Å². The summed E-state index contributed by atoms with van der Waals surface area (Å²) >= 11 is 0. The van der Waals surface area contributed by atoms with Crippen LogP contribution in [0.25, 0.3) is 6.08 Å². The zero-order valence-corrected chi connectivity index (χ0v) is 20.6. The zero-order chi connectivity index (χ0) is 25.5. The number of nitrogens with zero attached hydrogens (tertiary/aromatic N) is 1. The van der Waals surface area contributed by atoms with Gasteiger partial charge in [0.2, 0.25) is 5.78 Å². The Labute approximate surface area is 206 Å². The number of ketones is 1. The summed E-state index contributed by atoms with van der Waals surface area (Å²) in [6, 6.07) is 17.4. The molecule has 0 radical (unpaired) electrons. The fourth-order valence-electron chi connectivity index (χ4n) is 3.77. The van der Waals surface area contributed by atoms with Gasteiger partial charge in [-0.15, -0.1) is 0 Å². The molecule has 0 saturated heterocycles. The maximum atomic E-state index is 13.0. The Kier molecular flexibility index (Phi) is 8.42. The fraction of sp³-hybridized carbons (Fsp3) is 0.276. The minimum atomic E-state index is -1.06. The van der Waals surface area contributed by atoms with Crippen LogP contribution in [-0.4, -0.2) is 33.4 Å². The number of hydrogen-bond donors (Lipinski definition) is 2. The van der Waals surface area contributed by atoms with Gasteiger partial charge in [0.15, 0.2) is 0 Å². The van der Waals surface area contributed by atoms with Crippen LogP contribution in [0.5, 0.6) is 0 Å². The highest BCUT2D eigenvalue weighted by Gasteiger charge is 2.23. The number of carbonyl (C=O) groups excluding carboxylic acids is 2. The average Bonchev–Trinajstić information content (AvgIpc) is 3.30. The van der Waals surface area contributed by atoms with Crippen molar-refractivity contribution in [2.45, 2.75) is 46.2 Å². The molecule has 0 bridgehead atoms. The van der Waals surface area contributed by atoms with E-state index in [0.717, 1.165) is 5.56 Å². The molecular formula is C29H32N2O4. The van der Waals surface area contributed by atoms with Crippen LogP contribution in [0.3, 0.4) is 0 Å². The predicted octanol–water partition coefficient (Wildman–Crippen LogP) is 5.39. The summed E-state index contributed by atoms with van der Waals surface area (Å²) in [6.07, 6.45) is 5.66. The lowest BCUT2D eigenvalue weighted by atomic mass is 10.00. The van der Waals surface area contributed by atoms with Gasteiger partial charge in [0.25, 0.3) is 5.91 Å². The van der Waals surface area contributed by atoms with Crippen LogP contribution < -0.4 is 5.32 Å². The van der Waals surface area contributed by atoms with Crippen LogP contribution in [0, 0.1) is 5.92 Å². The Hall–Kier alpha value is -3.93. The molecule has 1 atom stereocenters. The Morgan fingerprint density at radius 1 is 0.943 bits per heavy atom. The quantitative estimate of drug-likeness (QED) is 0.387. The molecule has 182 valence electrons. The van der Waals surface area contributed by atoms with Crippen molar-refractivity contribution in [1.29, 1.82) is 0 Å². The molecule has 0 spiro atoms. The number of amides is 1. The molecule has 3 aromatic rings. The lowest BCUT2D eigenvalue weighted by molar-refractivity contribution is -0.140. The van der Waals surface area contributed by atoms with Crippen LogP contribution in [-0.2, 0) is 11.3 Å². The van der Waals surface area contributed by atoms with Crippen molar-refractivity contribution in [2.75, 3.05) is 0 Å². The highest BCUT2D eigenvalue weighted by Crippen LogP contribution is 2.18. The van der Waals surface area contributed by atoms with Crippen molar-refractivity contribution in [3.05, 3.63) is 101 Å². The summed E-state index contributed by atoms with van der Waals surface area (Å²) in [6.45, 7) is 8.23. The highest BCUT2D eigenvalue weighted by atomic mass is 16.4. The van der Waals surface area contributed by atoms with E-state index in [1.54, 1.807) is 32.0 Å². The standard InChI is InChI=1S/C29H32N2O4/c1-19(2)22-12-14-23(15-13-22)27(32)25-11-7-17-31(25)16-6-9-21-8-5-10-24(18-21)28(33)30-26(20(3)4)29(34)35/h5-15,17-20,26H,16H2,1-4H3,(H,30,33)(H,34,35)/b9-6+/t26-/m0/s1. The van der Waals surface area contributed by atoms with Gasteiger partial charge < -0.3 is 15.0 Å². The van der Waals surface area contributed by atoms with Crippen molar-refractivity contribution < 1.29 is 19.5 Å². The second-order valence-electron chi connectivity index (χ2n) is 9.21. The molecule has 3 rings (SSSR count). The van der Waals surface area contributed by atoms with E-state index < -0.39 is 17.9 Å². The predicted molar refractivity (Wildman–Crippen MR) is 138 cm³/mol. The minimum Gasteiger partial charge on any atom is -0.480 e. The molecule has 0 aliphatic carbocycles. The maximum Gasteiger partial charge on any atom is 0.326 e. The van der Waals surface area contributed by atoms with Gasteiger partial charge in [-0.1, -0.05) is 76.2 Å². The number of allylic oxidation sites excluding steroid dienone is 1. The van der Waals surface area contributed by atoms with E-state index in [0.29, 0.717) is 29.3 Å². The van der Waals surface area contributed by atoms with Crippen molar-refractivity contribution >= 4 is 23.7 Å². The molecular weight excluding hydrogens is 440 g/mol. The highest BCUT2D eigenvalue weighted by molar-refractivity contribution is 6.08. The Morgan fingerprint density at radius 2 is 1.66 bits per heavy atom. The molecule has 1 aromatic heterocycles. The summed E-state index contributed by atoms with van der Waals surface area (Å²) in [5, 5.41) is 11.9. The van der Waals surface area contributed by atoms with Gasteiger partial charge in [0.05, 0.1) is 5.69 Å². The molecule has 1 amide bonds. The summed E-state index contributed by atoms with van der Waals surface area (Å²) < 4.78 is 1.88. The molecule has 2 N–H and O–H groups in total. The molecule has 1 heterocycles. The lowest BCUT2D eigenvalue weighted by Gasteiger charge is -2.18. The van der Waals surface area contributed by atoms with Crippen LogP contribution in [0.4, 0.5) is 0 Å². The third-order valence-electron chi connectivity index (χ3n) is 5.88. The van der Waals surface area contributed by atoms with Gasteiger partial charge >= 0.3 is 5.97 Å². The summed E-state index contributed by atoms with van der Waals surface area (Å²) in [5.74, 6) is -1.34. The molecule has 0 aliphatic rings. The van der Waals surface area contributed by atoms with E-state index in [2.05, 4.69) is 19.2 Å². The van der Waals surface area contributed by atoms with E-state index in [1.165, 1.54) is 5.56 Å². The van der Waals surface area contributed by atoms with Crippen LogP contribution in [0.1, 0.15) is 71.1 Å². The van der Waals surface area contributed by atoms with E-state index in [9.17, 15) is 19.5 Å². The Bertz CT molecular complexity index is 1220. The third kappa shape index (κ3) is 6.57. The van der Waals surface area contributed by atoms with E-state index in [4.69, 9.17) is 0 Å². The lowest BCUT2D eigenvalue weighted by Crippen LogP contribution is -2.44. The van der Waals surface area contributed by atoms with Crippen LogP contribution in [0.15, 0.2) is 72.9 Å². The van der Waals surface area contributed by atoms with Crippen molar-refractivity contribution in [2.24, 2.45) is 5.92 Å². The molecule has 0 aliphatic heterocycles. The summed E-state index contributed by atoms with van der Waals surface area (Å²) in [4.78, 5) is 36.9. The second kappa shape index (κ2) is 11.5. The first-order chi connectivity index (χ1) is 16.7. The molecule has 6 heteroatoms. The van der Waals surface area contributed by atoms with Gasteiger partial charge in [0.1, 0.15) is 6.04 Å². The third-order valence-corrected chi connectivity index (χ3v) is 5.88. The second-order valence-corrected chi connectivity index (χ2v) is 9.21. The Balaban J connectivity index is 1.69. The van der Waals surface area contributed by atoms with Gasteiger partial charge in [-0.3, -0.25) is 9.59 Å². The largest absolute Gasteiger partial charge is 0.480 e. The van der Waals surface area contributed by atoms with Crippen molar-refractivity contribution in [3.8, 4) is 0 Å². The molecule has 0 unspecified atom stereocenters. The number of rotatable bonds is 10. The number of carboxylic acids is 1. The number of aromatic nitrogens is 1. The number of carboxylic acid groups (broad SMARTS) is 1. The minimum absolute atomic E-state index is 0.0319. The van der Waals surface area contributed by atoms with Gasteiger partial charge in [-0.2, -0.15) is 0 Å². The first-order valence-corrected chi connectivity index (χ1v) is 11.8. The molecule has 6 nitrogen and oxygen atoms in total. The first kappa shape index (κ1) is 25.7. The summed E-state index contributed by atoms with van der Waals surface area (Å²) in [5.41, 5.74) is 3.64. The molecule has 2 aromatic carbocycles. The van der Waals surface area contributed by atoms with E-state index >= 15 is 0 Å². The maximum absolute atomic E-state index is 13.0. The first-order valence-electron chi connectivity index (χ1n) is 11.8. The van der Waals surface area contributed by atoms with Crippen LogP contribution >= 0.6 is 0 Å². The SMILES string of the molecule is CC(C)c1ccc(C(=O)c2cccn2C/C=C/c2cccc(C(=O)N[C@H](C(=O)O)C(C)C)c2)cc1. The normalized spacial score (nSPS) is 12.3. The molecule has 35 heavy (non-hydrogen) atoms. The average molecular weight is 473 g/mol. The zero-order valence-electron chi connectivity index (χ0n) is 20.6. The number of carbonyl (C=O) groups is 3.